The zero-order valence-electron chi connectivity index (χ0n) is 9.39. The van der Waals surface area contributed by atoms with E-state index >= 15 is 0 Å². The number of rotatable bonds is 4. The van der Waals surface area contributed by atoms with Crippen molar-refractivity contribution in [1.29, 1.82) is 0 Å². The van der Waals surface area contributed by atoms with Crippen LogP contribution in [0.3, 0.4) is 0 Å². The lowest BCUT2D eigenvalue weighted by atomic mass is 10.1. The molecule has 1 aliphatic heterocycles. The Morgan fingerprint density at radius 3 is 2.88 bits per heavy atom. The molecule has 2 heterocycles. The summed E-state index contributed by atoms with van der Waals surface area (Å²) in [6.45, 7) is 0.967. The van der Waals surface area contributed by atoms with Crippen molar-refractivity contribution >= 4 is 10.8 Å². The van der Waals surface area contributed by atoms with Gasteiger partial charge in [-0.05, 0) is 25.0 Å². The predicted molar refractivity (Wildman–Crippen MR) is 66.8 cm³/mol. The van der Waals surface area contributed by atoms with E-state index in [1.807, 2.05) is 18.3 Å². The van der Waals surface area contributed by atoms with Gasteiger partial charge in [0.15, 0.2) is 0 Å². The van der Waals surface area contributed by atoms with Crippen LogP contribution in [0.5, 0.6) is 0 Å². The van der Waals surface area contributed by atoms with Gasteiger partial charge in [-0.15, -0.1) is 0 Å². The van der Waals surface area contributed by atoms with E-state index < -0.39 is 10.8 Å². The Labute approximate surface area is 99.1 Å². The maximum absolute atomic E-state index is 11.2. The molecule has 0 aromatic carbocycles. The fraction of sp³-hybridized carbons (Fsp3) is 0.583. The first-order chi connectivity index (χ1) is 7.84. The average Bonchev–Trinajstić information content (AvgIpc) is 2.33. The fourth-order valence-corrected chi connectivity index (χ4v) is 3.25. The van der Waals surface area contributed by atoms with Crippen LogP contribution in [-0.4, -0.2) is 33.3 Å². The summed E-state index contributed by atoms with van der Waals surface area (Å²) in [6, 6.07) is 6.57. The number of hydrogen-bond acceptors (Lipinski definition) is 3. The summed E-state index contributed by atoms with van der Waals surface area (Å²) in [5, 5.41) is 3.52. The molecule has 0 bridgehead atoms. The van der Waals surface area contributed by atoms with E-state index in [-0.39, 0.29) is 0 Å². The molecule has 4 heteroatoms. The molecule has 0 aliphatic carbocycles. The maximum Gasteiger partial charge on any atom is 0.0416 e. The number of aromatic nitrogens is 1. The van der Waals surface area contributed by atoms with E-state index in [2.05, 4.69) is 16.4 Å². The number of nitrogens with zero attached hydrogens (tertiary/aromatic N) is 1. The number of nitrogens with one attached hydrogen (secondary N) is 1. The standard InChI is InChI=1S/C12H18N2OS/c15-16-9-5-12(6-10-16)14-8-4-11-3-1-2-7-13-11/h1-3,7,12,14H,4-6,8-10H2. The monoisotopic (exact) mass is 238 g/mol. The molecule has 1 N–H and O–H groups in total. The van der Waals surface area contributed by atoms with Gasteiger partial charge in [-0.3, -0.25) is 9.19 Å². The van der Waals surface area contributed by atoms with Gasteiger partial charge in [0.1, 0.15) is 0 Å². The first-order valence-electron chi connectivity index (χ1n) is 5.83. The van der Waals surface area contributed by atoms with Crippen molar-refractivity contribution in [3.05, 3.63) is 30.1 Å². The van der Waals surface area contributed by atoms with E-state index in [9.17, 15) is 4.21 Å². The number of pyridine rings is 1. The van der Waals surface area contributed by atoms with Crippen LogP contribution in [0.2, 0.25) is 0 Å². The van der Waals surface area contributed by atoms with Crippen LogP contribution in [0.1, 0.15) is 18.5 Å². The van der Waals surface area contributed by atoms with E-state index in [1.165, 1.54) is 0 Å². The molecular weight excluding hydrogens is 220 g/mol. The Bertz CT molecular complexity index is 332. The highest BCUT2D eigenvalue weighted by molar-refractivity contribution is 7.85. The lowest BCUT2D eigenvalue weighted by Crippen LogP contribution is -2.36. The topological polar surface area (TPSA) is 42.0 Å². The van der Waals surface area contributed by atoms with Gasteiger partial charge in [-0.25, -0.2) is 0 Å². The number of hydrogen-bond donors (Lipinski definition) is 1. The maximum atomic E-state index is 11.2. The molecular formula is C12H18N2OS. The Morgan fingerprint density at radius 2 is 2.19 bits per heavy atom. The Hall–Kier alpha value is -0.740. The largest absolute Gasteiger partial charge is 0.314 e. The van der Waals surface area contributed by atoms with Crippen LogP contribution in [0, 0.1) is 0 Å². The molecule has 0 radical (unpaired) electrons. The molecule has 1 aromatic rings. The smallest absolute Gasteiger partial charge is 0.0416 e. The molecule has 88 valence electrons. The third-order valence-electron chi connectivity index (χ3n) is 2.93. The lowest BCUT2D eigenvalue weighted by molar-refractivity contribution is 0.478. The minimum atomic E-state index is -0.555. The molecule has 1 aromatic heterocycles. The fourth-order valence-electron chi connectivity index (χ4n) is 1.95. The molecule has 0 atom stereocenters. The van der Waals surface area contributed by atoms with Crippen molar-refractivity contribution in [3.63, 3.8) is 0 Å². The van der Waals surface area contributed by atoms with Gasteiger partial charge in [0.25, 0.3) is 0 Å². The van der Waals surface area contributed by atoms with Crippen molar-refractivity contribution in [3.8, 4) is 0 Å². The van der Waals surface area contributed by atoms with Crippen LogP contribution in [0.15, 0.2) is 24.4 Å². The Kier molecular flexibility index (Phi) is 4.48. The summed E-state index contributed by atoms with van der Waals surface area (Å²) in [4.78, 5) is 4.28. The predicted octanol–water partition coefficient (Wildman–Crippen LogP) is 1.12. The van der Waals surface area contributed by atoms with Gasteiger partial charge < -0.3 is 5.32 Å². The van der Waals surface area contributed by atoms with E-state index in [0.29, 0.717) is 6.04 Å². The van der Waals surface area contributed by atoms with Crippen LogP contribution in [0.25, 0.3) is 0 Å². The van der Waals surface area contributed by atoms with Crippen LogP contribution < -0.4 is 5.32 Å². The Balaban J connectivity index is 1.67. The van der Waals surface area contributed by atoms with Crippen molar-refractivity contribution in [2.75, 3.05) is 18.1 Å². The van der Waals surface area contributed by atoms with Gasteiger partial charge in [-0.2, -0.15) is 0 Å². The molecule has 16 heavy (non-hydrogen) atoms. The molecule has 3 nitrogen and oxygen atoms in total. The van der Waals surface area contributed by atoms with Crippen molar-refractivity contribution < 1.29 is 4.21 Å². The third-order valence-corrected chi connectivity index (χ3v) is 4.31. The highest BCUT2D eigenvalue weighted by Crippen LogP contribution is 2.08. The molecule has 0 amide bonds. The summed E-state index contributed by atoms with van der Waals surface area (Å²) in [5.74, 6) is 1.72. The minimum Gasteiger partial charge on any atom is -0.314 e. The molecule has 0 unspecified atom stereocenters. The average molecular weight is 238 g/mol. The molecule has 1 saturated heterocycles. The summed E-state index contributed by atoms with van der Waals surface area (Å²) in [5.41, 5.74) is 1.13. The van der Waals surface area contributed by atoms with Gasteiger partial charge in [0, 0.05) is 53.2 Å². The second kappa shape index (κ2) is 6.11. The lowest BCUT2D eigenvalue weighted by Gasteiger charge is -2.22. The van der Waals surface area contributed by atoms with Gasteiger partial charge in [0.05, 0.1) is 0 Å². The van der Waals surface area contributed by atoms with Crippen LogP contribution in [0.4, 0.5) is 0 Å². The first-order valence-corrected chi connectivity index (χ1v) is 7.31. The summed E-state index contributed by atoms with van der Waals surface area (Å²) < 4.78 is 11.2. The quantitative estimate of drug-likeness (QED) is 0.855. The second-order valence-electron chi connectivity index (χ2n) is 4.15. The van der Waals surface area contributed by atoms with Crippen molar-refractivity contribution in [2.45, 2.75) is 25.3 Å². The van der Waals surface area contributed by atoms with E-state index in [4.69, 9.17) is 0 Å². The van der Waals surface area contributed by atoms with Crippen molar-refractivity contribution in [2.24, 2.45) is 0 Å². The molecule has 0 saturated carbocycles. The summed E-state index contributed by atoms with van der Waals surface area (Å²) >= 11 is 0. The van der Waals surface area contributed by atoms with Crippen LogP contribution >= 0.6 is 0 Å². The SMILES string of the molecule is O=S1CCC(NCCc2ccccn2)CC1. The molecule has 2 rings (SSSR count). The summed E-state index contributed by atoms with van der Waals surface area (Å²) in [6.07, 6.45) is 4.91. The Morgan fingerprint density at radius 1 is 1.38 bits per heavy atom. The molecule has 1 fully saturated rings. The molecule has 1 aliphatic rings. The summed E-state index contributed by atoms with van der Waals surface area (Å²) in [7, 11) is -0.555. The second-order valence-corrected chi connectivity index (χ2v) is 5.84. The van der Waals surface area contributed by atoms with Gasteiger partial charge in [-0.1, -0.05) is 6.07 Å². The minimum absolute atomic E-state index is 0.555. The van der Waals surface area contributed by atoms with Gasteiger partial charge >= 0.3 is 0 Å². The van der Waals surface area contributed by atoms with E-state index in [0.717, 1.165) is 43.0 Å². The first kappa shape index (κ1) is 11.7. The van der Waals surface area contributed by atoms with Crippen LogP contribution in [-0.2, 0) is 17.2 Å². The zero-order valence-corrected chi connectivity index (χ0v) is 10.2. The normalized spacial score (nSPS) is 25.5. The highest BCUT2D eigenvalue weighted by Gasteiger charge is 2.16. The zero-order chi connectivity index (χ0) is 11.2. The van der Waals surface area contributed by atoms with E-state index in [1.54, 1.807) is 0 Å². The highest BCUT2D eigenvalue weighted by atomic mass is 32.2. The van der Waals surface area contributed by atoms with Gasteiger partial charge in [0.2, 0.25) is 0 Å². The van der Waals surface area contributed by atoms with Crippen molar-refractivity contribution in [1.82, 2.24) is 10.3 Å². The third kappa shape index (κ3) is 3.68. The molecule has 0 spiro atoms.